The molecule has 0 spiro atoms. The third-order valence-electron chi connectivity index (χ3n) is 3.34. The second-order valence-electron chi connectivity index (χ2n) is 5.68. The van der Waals surface area contributed by atoms with Crippen LogP contribution in [0.1, 0.15) is 38.9 Å². The summed E-state index contributed by atoms with van der Waals surface area (Å²) in [6.45, 7) is 12.7. The Balaban J connectivity index is 0.000000204. The minimum Gasteiger partial charge on any atom is -0.122 e. The molecule has 0 saturated carbocycles. The molecule has 0 bridgehead atoms. The molecule has 0 fully saturated rings. The van der Waals surface area contributed by atoms with Gasteiger partial charge in [0, 0.05) is 5.88 Å². The summed E-state index contributed by atoms with van der Waals surface area (Å²) in [4.78, 5) is 0. The van der Waals surface area contributed by atoms with Crippen LogP contribution in [0.15, 0.2) is 30.3 Å². The first kappa shape index (κ1) is 16.8. The minimum absolute atomic E-state index is 0.623. The van der Waals surface area contributed by atoms with E-state index in [0.717, 1.165) is 0 Å². The van der Waals surface area contributed by atoms with Gasteiger partial charge in [0.25, 0.3) is 0 Å². The topological polar surface area (TPSA) is 0 Å². The fourth-order valence-corrected chi connectivity index (χ4v) is 3.04. The number of hydrogen-bond donors (Lipinski definition) is 0. The Hall–Kier alpha value is -1.27. The molecule has 0 aliphatic heterocycles. The van der Waals surface area contributed by atoms with Gasteiger partial charge >= 0.3 is 0 Å². The van der Waals surface area contributed by atoms with Crippen LogP contribution in [0.5, 0.6) is 0 Å². The zero-order chi connectivity index (χ0) is 15.3. The molecule has 2 aromatic rings. The van der Waals surface area contributed by atoms with Crippen molar-refractivity contribution in [1.82, 2.24) is 0 Å². The molecule has 20 heavy (non-hydrogen) atoms. The Bertz CT molecular complexity index is 509. The Labute approximate surface area is 128 Å². The van der Waals surface area contributed by atoms with Crippen molar-refractivity contribution < 1.29 is 0 Å². The van der Waals surface area contributed by atoms with Gasteiger partial charge in [0.15, 0.2) is 0 Å². The van der Waals surface area contributed by atoms with Crippen molar-refractivity contribution in [3.8, 4) is 0 Å². The molecule has 0 amide bonds. The maximum Gasteiger partial charge on any atom is 0.0479 e. The third kappa shape index (κ3) is 5.02. The highest BCUT2D eigenvalue weighted by atomic mass is 35.5. The van der Waals surface area contributed by atoms with Crippen molar-refractivity contribution in [2.24, 2.45) is 0 Å². The van der Waals surface area contributed by atoms with Gasteiger partial charge in [-0.3, -0.25) is 0 Å². The summed E-state index contributed by atoms with van der Waals surface area (Å²) in [6.07, 6.45) is 0. The smallest absolute Gasteiger partial charge is 0.0479 e. The molecule has 0 radical (unpaired) electrons. The average Bonchev–Trinajstić information content (AvgIpc) is 2.26. The molecule has 2 rings (SSSR count). The molecule has 0 aliphatic rings. The Morgan fingerprint density at radius 1 is 0.600 bits per heavy atom. The number of rotatable bonds is 1. The van der Waals surface area contributed by atoms with Crippen LogP contribution < -0.4 is 0 Å². The summed E-state index contributed by atoms with van der Waals surface area (Å²) < 4.78 is 0. The standard InChI is InChI=1S/C10H13Cl.C9H12/c1-7-4-8(2)10(6-11)9(3)5-7;1-7-4-8(2)6-9(3)5-7/h4-5H,6H2,1-3H3;4-6H,1-3H3. The first-order valence-corrected chi connectivity index (χ1v) is 7.54. The molecule has 0 heterocycles. The Morgan fingerprint density at radius 2 is 0.900 bits per heavy atom. The van der Waals surface area contributed by atoms with Gasteiger partial charge in [-0.2, -0.15) is 0 Å². The quantitative estimate of drug-likeness (QED) is 0.568. The first-order chi connectivity index (χ1) is 9.33. The molecule has 0 aliphatic carbocycles. The second-order valence-corrected chi connectivity index (χ2v) is 5.94. The van der Waals surface area contributed by atoms with Crippen LogP contribution in [0.2, 0.25) is 0 Å². The van der Waals surface area contributed by atoms with Gasteiger partial charge in [-0.05, 0) is 58.2 Å². The fourth-order valence-electron chi connectivity index (χ4n) is 2.62. The van der Waals surface area contributed by atoms with E-state index in [4.69, 9.17) is 11.6 Å². The monoisotopic (exact) mass is 288 g/mol. The predicted octanol–water partition coefficient (Wildman–Crippen LogP) is 5.96. The molecule has 2 aromatic carbocycles. The third-order valence-corrected chi connectivity index (χ3v) is 3.61. The van der Waals surface area contributed by atoms with Gasteiger partial charge in [-0.15, -0.1) is 11.6 Å². The van der Waals surface area contributed by atoms with Crippen LogP contribution in [0.4, 0.5) is 0 Å². The van der Waals surface area contributed by atoms with Crippen molar-refractivity contribution >= 4 is 11.6 Å². The lowest BCUT2D eigenvalue weighted by Gasteiger charge is -2.07. The van der Waals surface area contributed by atoms with Gasteiger partial charge in [-0.1, -0.05) is 52.6 Å². The van der Waals surface area contributed by atoms with Crippen molar-refractivity contribution in [3.63, 3.8) is 0 Å². The second kappa shape index (κ2) is 7.50. The maximum absolute atomic E-state index is 5.79. The van der Waals surface area contributed by atoms with Crippen LogP contribution in [0.25, 0.3) is 0 Å². The van der Waals surface area contributed by atoms with Crippen LogP contribution in [0.3, 0.4) is 0 Å². The fraction of sp³-hybridized carbons (Fsp3) is 0.368. The summed E-state index contributed by atoms with van der Waals surface area (Å²) in [6, 6.07) is 10.9. The number of benzene rings is 2. The highest BCUT2D eigenvalue weighted by Crippen LogP contribution is 2.17. The van der Waals surface area contributed by atoms with Gasteiger partial charge in [0.1, 0.15) is 0 Å². The number of aryl methyl sites for hydroxylation is 6. The van der Waals surface area contributed by atoms with Gasteiger partial charge in [0.05, 0.1) is 0 Å². The maximum atomic E-state index is 5.79. The van der Waals surface area contributed by atoms with Crippen molar-refractivity contribution in [2.75, 3.05) is 0 Å². The molecule has 1 heteroatoms. The minimum atomic E-state index is 0.623. The summed E-state index contributed by atoms with van der Waals surface area (Å²) in [7, 11) is 0. The lowest BCUT2D eigenvalue weighted by atomic mass is 10.0. The van der Waals surface area contributed by atoms with E-state index < -0.39 is 0 Å². The summed E-state index contributed by atoms with van der Waals surface area (Å²) in [5.41, 5.74) is 9.26. The van der Waals surface area contributed by atoms with E-state index in [1.165, 1.54) is 38.9 Å². The normalized spacial score (nSPS) is 9.95. The molecule has 0 saturated heterocycles. The largest absolute Gasteiger partial charge is 0.122 e. The summed E-state index contributed by atoms with van der Waals surface area (Å²) in [5, 5.41) is 0. The molecule has 0 nitrogen and oxygen atoms in total. The van der Waals surface area contributed by atoms with E-state index in [0.29, 0.717) is 5.88 Å². The SMILES string of the molecule is Cc1cc(C)c(CCl)c(C)c1.Cc1cc(C)cc(C)c1. The molecule has 0 atom stereocenters. The number of alkyl halides is 1. The molecular formula is C19H25Cl. The van der Waals surface area contributed by atoms with E-state index in [9.17, 15) is 0 Å². The van der Waals surface area contributed by atoms with Gasteiger partial charge in [0.2, 0.25) is 0 Å². The summed E-state index contributed by atoms with van der Waals surface area (Å²) >= 11 is 5.79. The average molecular weight is 289 g/mol. The number of halogens is 1. The molecule has 0 unspecified atom stereocenters. The molecular weight excluding hydrogens is 264 g/mol. The van der Waals surface area contributed by atoms with Crippen molar-refractivity contribution in [3.05, 3.63) is 69.3 Å². The van der Waals surface area contributed by atoms with Gasteiger partial charge < -0.3 is 0 Å². The highest BCUT2D eigenvalue weighted by Gasteiger charge is 2.00. The Morgan fingerprint density at radius 3 is 1.20 bits per heavy atom. The predicted molar refractivity (Wildman–Crippen MR) is 90.9 cm³/mol. The van der Waals surface area contributed by atoms with Crippen LogP contribution in [0, 0.1) is 41.5 Å². The van der Waals surface area contributed by atoms with E-state index in [-0.39, 0.29) is 0 Å². The van der Waals surface area contributed by atoms with Crippen LogP contribution >= 0.6 is 11.6 Å². The van der Waals surface area contributed by atoms with Crippen LogP contribution in [-0.4, -0.2) is 0 Å². The van der Waals surface area contributed by atoms with Gasteiger partial charge in [-0.25, -0.2) is 0 Å². The van der Waals surface area contributed by atoms with Crippen LogP contribution in [-0.2, 0) is 5.88 Å². The number of hydrogen-bond acceptors (Lipinski definition) is 0. The zero-order valence-electron chi connectivity index (χ0n) is 13.5. The van der Waals surface area contributed by atoms with Crippen molar-refractivity contribution in [1.29, 1.82) is 0 Å². The van der Waals surface area contributed by atoms with E-state index in [1.54, 1.807) is 0 Å². The lowest BCUT2D eigenvalue weighted by Crippen LogP contribution is -1.90. The van der Waals surface area contributed by atoms with E-state index in [1.807, 2.05) is 0 Å². The lowest BCUT2D eigenvalue weighted by molar-refractivity contribution is 1.21. The van der Waals surface area contributed by atoms with E-state index in [2.05, 4.69) is 71.9 Å². The van der Waals surface area contributed by atoms with Crippen molar-refractivity contribution in [2.45, 2.75) is 47.4 Å². The molecule has 0 aromatic heterocycles. The van der Waals surface area contributed by atoms with E-state index >= 15 is 0 Å². The molecule has 108 valence electrons. The molecule has 0 N–H and O–H groups in total. The highest BCUT2D eigenvalue weighted by molar-refractivity contribution is 6.17. The Kier molecular flexibility index (Phi) is 6.29. The summed E-state index contributed by atoms with van der Waals surface area (Å²) in [5.74, 6) is 0.623. The zero-order valence-corrected chi connectivity index (χ0v) is 14.2. The first-order valence-electron chi connectivity index (χ1n) is 7.01.